The van der Waals surface area contributed by atoms with Crippen LogP contribution in [0.4, 0.5) is 5.95 Å². The van der Waals surface area contributed by atoms with Crippen LogP contribution in [0.25, 0.3) is 0 Å². The molecule has 0 spiro atoms. The first-order valence-electron chi connectivity index (χ1n) is 6.20. The van der Waals surface area contributed by atoms with Gasteiger partial charge in [-0.25, -0.2) is 4.98 Å². The molecule has 1 N–H and O–H groups in total. The lowest BCUT2D eigenvalue weighted by Gasteiger charge is -2.16. The molecule has 2 unspecified atom stereocenters. The van der Waals surface area contributed by atoms with E-state index in [0.717, 1.165) is 37.7 Å². The van der Waals surface area contributed by atoms with Crippen molar-refractivity contribution in [2.45, 2.75) is 25.8 Å². The molecule has 18 heavy (non-hydrogen) atoms. The minimum absolute atomic E-state index is 0.307. The zero-order chi connectivity index (χ0) is 13.4. The first-order valence-corrected chi connectivity index (χ1v) is 7.93. The second-order valence-corrected chi connectivity index (χ2v) is 5.90. The summed E-state index contributed by atoms with van der Waals surface area (Å²) in [6.45, 7) is 3.71. The van der Waals surface area contributed by atoms with Crippen molar-refractivity contribution in [3.05, 3.63) is 12.4 Å². The fraction of sp³-hybridized carbons (Fsp3) is 0.750. The van der Waals surface area contributed by atoms with Gasteiger partial charge in [0.1, 0.15) is 0 Å². The number of ether oxygens (including phenoxy) is 1. The van der Waals surface area contributed by atoms with Crippen LogP contribution < -0.4 is 5.32 Å². The summed E-state index contributed by atoms with van der Waals surface area (Å²) in [6, 6.07) is 0.307. The second kappa shape index (κ2) is 8.26. The van der Waals surface area contributed by atoms with Gasteiger partial charge in [-0.2, -0.15) is 0 Å². The van der Waals surface area contributed by atoms with E-state index < -0.39 is 10.8 Å². The van der Waals surface area contributed by atoms with E-state index in [9.17, 15) is 4.21 Å². The van der Waals surface area contributed by atoms with Crippen molar-refractivity contribution in [2.24, 2.45) is 0 Å². The zero-order valence-corrected chi connectivity index (χ0v) is 12.2. The average molecular weight is 273 g/mol. The highest BCUT2D eigenvalue weighted by atomic mass is 32.2. The number of hydrogen-bond acceptors (Lipinski definition) is 4. The zero-order valence-electron chi connectivity index (χ0n) is 11.4. The van der Waals surface area contributed by atoms with Gasteiger partial charge in [-0.3, -0.25) is 4.21 Å². The minimum atomic E-state index is -0.733. The van der Waals surface area contributed by atoms with Gasteiger partial charge in [0.25, 0.3) is 0 Å². The van der Waals surface area contributed by atoms with Gasteiger partial charge in [0, 0.05) is 61.5 Å². The van der Waals surface area contributed by atoms with Crippen LogP contribution in [-0.4, -0.2) is 46.0 Å². The van der Waals surface area contributed by atoms with Gasteiger partial charge < -0.3 is 14.6 Å². The molecule has 1 rings (SSSR count). The number of imidazole rings is 1. The smallest absolute Gasteiger partial charge is 0.203 e. The SMILES string of the molecule is COCCCNc1nccn1C(C)CCS(C)=O. The van der Waals surface area contributed by atoms with Crippen LogP contribution in [-0.2, 0) is 15.5 Å². The lowest BCUT2D eigenvalue weighted by molar-refractivity contribution is 0.197. The van der Waals surface area contributed by atoms with E-state index in [1.165, 1.54) is 0 Å². The lowest BCUT2D eigenvalue weighted by Crippen LogP contribution is -2.14. The number of anilines is 1. The third-order valence-corrected chi connectivity index (χ3v) is 3.59. The van der Waals surface area contributed by atoms with E-state index in [-0.39, 0.29) is 0 Å². The van der Waals surface area contributed by atoms with Crippen LogP contribution in [0.3, 0.4) is 0 Å². The highest BCUT2D eigenvalue weighted by Crippen LogP contribution is 2.16. The van der Waals surface area contributed by atoms with Crippen molar-refractivity contribution in [1.29, 1.82) is 0 Å². The van der Waals surface area contributed by atoms with Crippen LogP contribution >= 0.6 is 0 Å². The fourth-order valence-electron chi connectivity index (χ4n) is 1.70. The molecule has 5 nitrogen and oxygen atoms in total. The quantitative estimate of drug-likeness (QED) is 0.695. The Morgan fingerprint density at radius 2 is 2.39 bits per heavy atom. The van der Waals surface area contributed by atoms with Crippen molar-refractivity contribution < 1.29 is 8.95 Å². The maximum Gasteiger partial charge on any atom is 0.203 e. The maximum atomic E-state index is 11.1. The first kappa shape index (κ1) is 15.2. The molecule has 2 atom stereocenters. The summed E-state index contributed by atoms with van der Waals surface area (Å²) in [5.41, 5.74) is 0. The molecule has 0 fully saturated rings. The summed E-state index contributed by atoms with van der Waals surface area (Å²) in [5, 5.41) is 3.29. The number of aromatic nitrogens is 2. The van der Waals surface area contributed by atoms with Gasteiger partial charge in [-0.05, 0) is 19.8 Å². The molecule has 104 valence electrons. The Morgan fingerprint density at radius 1 is 1.61 bits per heavy atom. The molecule has 0 aliphatic carbocycles. The Bertz CT molecular complexity index is 368. The molecule has 0 aliphatic heterocycles. The van der Waals surface area contributed by atoms with Crippen LogP contribution in [0.1, 0.15) is 25.8 Å². The molecular formula is C12H23N3O2S. The molecular weight excluding hydrogens is 250 g/mol. The molecule has 1 aromatic heterocycles. The van der Waals surface area contributed by atoms with Gasteiger partial charge in [-0.15, -0.1) is 0 Å². The monoisotopic (exact) mass is 273 g/mol. The summed E-state index contributed by atoms with van der Waals surface area (Å²) < 4.78 is 18.2. The van der Waals surface area contributed by atoms with Crippen LogP contribution in [0.2, 0.25) is 0 Å². The Balaban J connectivity index is 2.45. The standard InChI is InChI=1S/C12H23N3O2S/c1-11(5-10-18(3)16)15-8-7-14-12(15)13-6-4-9-17-2/h7-8,11H,4-6,9-10H2,1-3H3,(H,13,14). The summed E-state index contributed by atoms with van der Waals surface area (Å²) >= 11 is 0. The molecule has 6 heteroatoms. The summed E-state index contributed by atoms with van der Waals surface area (Å²) in [7, 11) is 0.969. The number of nitrogens with one attached hydrogen (secondary N) is 1. The maximum absolute atomic E-state index is 11.1. The van der Waals surface area contributed by atoms with E-state index in [0.29, 0.717) is 6.04 Å². The van der Waals surface area contributed by atoms with Crippen LogP contribution in [0.5, 0.6) is 0 Å². The average Bonchev–Trinajstić information content (AvgIpc) is 2.80. The molecule has 1 heterocycles. The van der Waals surface area contributed by atoms with Gasteiger partial charge in [0.05, 0.1) is 0 Å². The van der Waals surface area contributed by atoms with Gasteiger partial charge in [0.15, 0.2) is 0 Å². The first-order chi connectivity index (χ1) is 8.65. The van der Waals surface area contributed by atoms with E-state index >= 15 is 0 Å². The molecule has 0 saturated heterocycles. The van der Waals surface area contributed by atoms with E-state index in [2.05, 4.69) is 21.8 Å². The number of hydrogen-bond donors (Lipinski definition) is 1. The largest absolute Gasteiger partial charge is 0.385 e. The molecule has 0 aromatic carbocycles. The van der Waals surface area contributed by atoms with E-state index in [1.54, 1.807) is 19.6 Å². The number of nitrogens with zero attached hydrogens (tertiary/aromatic N) is 2. The van der Waals surface area contributed by atoms with Crippen molar-refractivity contribution in [2.75, 3.05) is 37.6 Å². The number of methoxy groups -OCH3 is 1. The molecule has 0 saturated carbocycles. The lowest BCUT2D eigenvalue weighted by atomic mass is 10.2. The minimum Gasteiger partial charge on any atom is -0.385 e. The van der Waals surface area contributed by atoms with E-state index in [1.807, 2.05) is 6.20 Å². The highest BCUT2D eigenvalue weighted by Gasteiger charge is 2.10. The van der Waals surface area contributed by atoms with Crippen LogP contribution in [0.15, 0.2) is 12.4 Å². The van der Waals surface area contributed by atoms with Gasteiger partial charge >= 0.3 is 0 Å². The highest BCUT2D eigenvalue weighted by molar-refractivity contribution is 7.84. The number of rotatable bonds is 9. The van der Waals surface area contributed by atoms with Crippen molar-refractivity contribution in [3.8, 4) is 0 Å². The predicted octanol–water partition coefficient (Wildman–Crippen LogP) is 1.66. The van der Waals surface area contributed by atoms with Gasteiger partial charge in [0.2, 0.25) is 5.95 Å². The third kappa shape index (κ3) is 5.18. The predicted molar refractivity (Wildman–Crippen MR) is 75.5 cm³/mol. The van der Waals surface area contributed by atoms with Crippen molar-refractivity contribution in [3.63, 3.8) is 0 Å². The Morgan fingerprint density at radius 3 is 3.06 bits per heavy atom. The second-order valence-electron chi connectivity index (χ2n) is 4.35. The topological polar surface area (TPSA) is 56.1 Å². The Kier molecular flexibility index (Phi) is 6.97. The van der Waals surface area contributed by atoms with Crippen molar-refractivity contribution in [1.82, 2.24) is 9.55 Å². The summed E-state index contributed by atoms with van der Waals surface area (Å²) in [4.78, 5) is 4.30. The Hall–Kier alpha value is -0.880. The molecule has 1 aromatic rings. The molecule has 0 amide bonds. The molecule has 0 bridgehead atoms. The molecule has 0 radical (unpaired) electrons. The van der Waals surface area contributed by atoms with Crippen molar-refractivity contribution >= 4 is 16.7 Å². The van der Waals surface area contributed by atoms with Gasteiger partial charge in [-0.1, -0.05) is 0 Å². The normalized spacial score (nSPS) is 14.4. The Labute approximate surface area is 111 Å². The van der Waals surface area contributed by atoms with E-state index in [4.69, 9.17) is 4.74 Å². The summed E-state index contributed by atoms with van der Waals surface area (Å²) in [5.74, 6) is 1.60. The molecule has 0 aliphatic rings. The van der Waals surface area contributed by atoms with Crippen LogP contribution in [0, 0.1) is 0 Å². The third-order valence-electron chi connectivity index (χ3n) is 2.77. The fourth-order valence-corrected chi connectivity index (χ4v) is 2.37. The summed E-state index contributed by atoms with van der Waals surface area (Å²) in [6.07, 6.45) is 7.34.